The van der Waals surface area contributed by atoms with E-state index in [1.54, 1.807) is 0 Å². The fraction of sp³-hybridized carbons (Fsp3) is 0.656. The molecule has 0 radical (unpaired) electrons. The molecular weight excluding hydrogens is 430 g/mol. The second-order valence-electron chi connectivity index (χ2n) is 12.9. The molecule has 0 spiro atoms. The Kier molecular flexibility index (Phi) is 6.10. The number of nitrogens with zero attached hydrogens (tertiary/aromatic N) is 1. The number of allylic oxidation sites excluding steroid dienone is 2. The highest BCUT2D eigenvalue weighted by atomic mass is 16.3. The fourth-order valence-electron chi connectivity index (χ4n) is 8.91. The number of carbonyl (C=O) groups is 1. The average molecular weight is 476 g/mol. The molecule has 190 valence electrons. The molecule has 3 saturated carbocycles. The number of carbonyl (C=O) groups excluding carboxylic acids is 1. The van der Waals surface area contributed by atoms with Gasteiger partial charge in [-0.25, -0.2) is 0 Å². The van der Waals surface area contributed by atoms with Gasteiger partial charge in [0.2, 0.25) is 0 Å². The van der Waals surface area contributed by atoms with Crippen molar-refractivity contribution in [2.24, 2.45) is 28.6 Å². The van der Waals surface area contributed by atoms with Gasteiger partial charge in [-0.15, -0.1) is 0 Å². The Morgan fingerprint density at radius 3 is 2.46 bits per heavy atom. The van der Waals surface area contributed by atoms with Crippen molar-refractivity contribution in [3.8, 4) is 0 Å². The van der Waals surface area contributed by atoms with Gasteiger partial charge < -0.3 is 10.0 Å². The normalized spacial score (nSPS) is 40.9. The predicted octanol–water partition coefficient (Wildman–Crippen LogP) is 7.06. The number of fused-ring (bicyclic) bond motifs is 5. The quantitative estimate of drug-likeness (QED) is 0.474. The summed E-state index contributed by atoms with van der Waals surface area (Å²) in [4.78, 5) is 14.7. The van der Waals surface area contributed by atoms with Crippen LogP contribution >= 0.6 is 0 Å². The molecule has 3 heteroatoms. The molecule has 0 amide bonds. The van der Waals surface area contributed by atoms with Crippen molar-refractivity contribution < 1.29 is 9.90 Å². The molecule has 5 rings (SSSR count). The van der Waals surface area contributed by atoms with Crippen molar-refractivity contribution in [1.29, 1.82) is 0 Å². The third-order valence-electron chi connectivity index (χ3n) is 11.1. The summed E-state index contributed by atoms with van der Waals surface area (Å²) in [5.74, 6) is 2.35. The summed E-state index contributed by atoms with van der Waals surface area (Å²) < 4.78 is 0. The summed E-state index contributed by atoms with van der Waals surface area (Å²) in [6.07, 6.45) is 13.0. The second kappa shape index (κ2) is 8.61. The summed E-state index contributed by atoms with van der Waals surface area (Å²) in [5, 5.41) is 12.0. The van der Waals surface area contributed by atoms with E-state index in [1.165, 1.54) is 16.8 Å². The van der Waals surface area contributed by atoms with Crippen LogP contribution in [0, 0.1) is 28.6 Å². The highest BCUT2D eigenvalue weighted by Gasteiger charge is 2.65. The molecule has 0 aromatic heterocycles. The number of hydrogen-bond donors (Lipinski definition) is 1. The van der Waals surface area contributed by atoms with Gasteiger partial charge in [-0.3, -0.25) is 4.79 Å². The second-order valence-corrected chi connectivity index (χ2v) is 12.9. The zero-order chi connectivity index (χ0) is 25.2. The van der Waals surface area contributed by atoms with Crippen LogP contribution in [0.3, 0.4) is 0 Å². The van der Waals surface area contributed by atoms with E-state index in [-0.39, 0.29) is 10.8 Å². The van der Waals surface area contributed by atoms with Gasteiger partial charge in [-0.2, -0.15) is 0 Å². The molecule has 4 aliphatic carbocycles. The van der Waals surface area contributed by atoms with Crippen molar-refractivity contribution in [2.45, 2.75) is 97.1 Å². The van der Waals surface area contributed by atoms with E-state index in [2.05, 4.69) is 76.1 Å². The maximum Gasteiger partial charge on any atom is 0.155 e. The van der Waals surface area contributed by atoms with Crippen LogP contribution in [0.15, 0.2) is 48.1 Å². The van der Waals surface area contributed by atoms with Gasteiger partial charge in [0.05, 0.1) is 5.60 Å². The van der Waals surface area contributed by atoms with Crippen LogP contribution in [0.2, 0.25) is 0 Å². The maximum atomic E-state index is 12.4. The minimum Gasteiger partial charge on any atom is -0.385 e. The van der Waals surface area contributed by atoms with Gasteiger partial charge in [0.15, 0.2) is 5.78 Å². The Morgan fingerprint density at radius 2 is 1.80 bits per heavy atom. The monoisotopic (exact) mass is 475 g/mol. The molecule has 3 fully saturated rings. The summed E-state index contributed by atoms with van der Waals surface area (Å²) >= 11 is 0. The molecule has 7 atom stereocenters. The standard InChI is InChI=1S/C32H45NO2/c1-7-16-32(35)18-15-28-26-13-10-23-19-25(34)14-17-30(23,4)29(26)27(20-31(28,32)5)22-8-11-24(12-9-22)33(6)21(2)3/h7-9,11-12,16,19,21,26-29,35H,10,13-15,17-18,20H2,1-6H3/t26-,27+,28-,29+,30-,31-,32-/m0/s1. The van der Waals surface area contributed by atoms with Crippen LogP contribution in [-0.4, -0.2) is 29.6 Å². The number of benzene rings is 1. The lowest BCUT2D eigenvalue weighted by atomic mass is 9.43. The minimum absolute atomic E-state index is 0.0809. The first-order chi connectivity index (χ1) is 16.5. The number of aliphatic hydroxyl groups is 1. The van der Waals surface area contributed by atoms with E-state index in [0.717, 1.165) is 38.5 Å². The number of ketones is 1. The van der Waals surface area contributed by atoms with Crippen LogP contribution < -0.4 is 4.90 Å². The van der Waals surface area contributed by atoms with Gasteiger partial charge in [-0.1, -0.05) is 43.7 Å². The van der Waals surface area contributed by atoms with E-state index in [9.17, 15) is 9.90 Å². The fourth-order valence-corrected chi connectivity index (χ4v) is 8.91. The Morgan fingerprint density at radius 1 is 1.09 bits per heavy atom. The summed E-state index contributed by atoms with van der Waals surface area (Å²) in [7, 11) is 2.16. The highest BCUT2D eigenvalue weighted by molar-refractivity contribution is 5.91. The van der Waals surface area contributed by atoms with Crippen molar-refractivity contribution in [3.63, 3.8) is 0 Å². The minimum atomic E-state index is -0.729. The Hall–Kier alpha value is -1.87. The molecule has 3 nitrogen and oxygen atoms in total. The SMILES string of the molecule is CC=C[C@]1(O)CC[C@H]2[C@@H]3CCC4=CC(=O)CC[C@]4(C)[C@H]3[C@@H](c3ccc(N(C)C(C)C)cc3)C[C@@]21C. The zero-order valence-electron chi connectivity index (χ0n) is 22.7. The van der Waals surface area contributed by atoms with E-state index in [1.807, 2.05) is 13.0 Å². The van der Waals surface area contributed by atoms with Crippen LogP contribution in [0.1, 0.15) is 91.0 Å². The van der Waals surface area contributed by atoms with E-state index in [4.69, 9.17) is 0 Å². The third kappa shape index (κ3) is 3.67. The molecule has 0 bridgehead atoms. The molecule has 35 heavy (non-hydrogen) atoms. The lowest BCUT2D eigenvalue weighted by Gasteiger charge is -2.62. The molecule has 0 unspecified atom stereocenters. The lowest BCUT2D eigenvalue weighted by Crippen LogP contribution is -2.57. The topological polar surface area (TPSA) is 40.5 Å². The lowest BCUT2D eigenvalue weighted by molar-refractivity contribution is -0.123. The summed E-state index contributed by atoms with van der Waals surface area (Å²) in [6.45, 7) is 11.3. The van der Waals surface area contributed by atoms with E-state index >= 15 is 0 Å². The van der Waals surface area contributed by atoms with Gasteiger partial charge in [0.1, 0.15) is 0 Å². The molecular formula is C32H45NO2. The van der Waals surface area contributed by atoms with Crippen LogP contribution in [-0.2, 0) is 4.79 Å². The Balaban J connectivity index is 1.61. The van der Waals surface area contributed by atoms with Gasteiger partial charge >= 0.3 is 0 Å². The maximum absolute atomic E-state index is 12.4. The van der Waals surface area contributed by atoms with E-state index in [0.29, 0.717) is 41.9 Å². The van der Waals surface area contributed by atoms with Crippen LogP contribution in [0.4, 0.5) is 5.69 Å². The Labute approximate surface area is 212 Å². The number of rotatable bonds is 4. The summed E-state index contributed by atoms with van der Waals surface area (Å²) in [5.41, 5.74) is 3.30. The smallest absolute Gasteiger partial charge is 0.155 e. The van der Waals surface area contributed by atoms with Gasteiger partial charge in [0.25, 0.3) is 0 Å². The third-order valence-corrected chi connectivity index (χ3v) is 11.1. The van der Waals surface area contributed by atoms with Crippen molar-refractivity contribution in [3.05, 3.63) is 53.6 Å². The zero-order valence-corrected chi connectivity index (χ0v) is 22.7. The molecule has 1 aromatic carbocycles. The first-order valence-electron chi connectivity index (χ1n) is 14.0. The van der Waals surface area contributed by atoms with Gasteiger partial charge in [0, 0.05) is 30.6 Å². The Bertz CT molecular complexity index is 1040. The molecule has 1 aromatic rings. The van der Waals surface area contributed by atoms with Gasteiger partial charge in [-0.05, 0) is 112 Å². The molecule has 0 saturated heterocycles. The molecule has 0 heterocycles. The number of hydrogen-bond acceptors (Lipinski definition) is 3. The largest absolute Gasteiger partial charge is 0.385 e. The van der Waals surface area contributed by atoms with E-state index < -0.39 is 5.60 Å². The predicted molar refractivity (Wildman–Crippen MR) is 145 cm³/mol. The molecule has 4 aliphatic rings. The number of anilines is 1. The van der Waals surface area contributed by atoms with Crippen molar-refractivity contribution in [1.82, 2.24) is 0 Å². The van der Waals surface area contributed by atoms with Crippen molar-refractivity contribution >= 4 is 11.5 Å². The first kappa shape index (κ1) is 24.8. The van der Waals surface area contributed by atoms with Crippen molar-refractivity contribution in [2.75, 3.05) is 11.9 Å². The average Bonchev–Trinajstić information content (AvgIpc) is 3.09. The summed E-state index contributed by atoms with van der Waals surface area (Å²) in [6, 6.07) is 9.76. The van der Waals surface area contributed by atoms with Crippen LogP contribution in [0.25, 0.3) is 0 Å². The molecule has 0 aliphatic heterocycles. The first-order valence-corrected chi connectivity index (χ1v) is 14.0. The molecule has 1 N–H and O–H groups in total. The van der Waals surface area contributed by atoms with Crippen LogP contribution in [0.5, 0.6) is 0 Å². The highest BCUT2D eigenvalue weighted by Crippen LogP contribution is 2.71.